The normalized spacial score (nSPS) is 23.4. The number of aryl methyl sites for hydroxylation is 1. The van der Waals surface area contributed by atoms with Gasteiger partial charge in [0.15, 0.2) is 0 Å². The number of anilines is 1. The predicted molar refractivity (Wildman–Crippen MR) is 108 cm³/mol. The Bertz CT molecular complexity index is 1090. The molecule has 0 spiro atoms. The summed E-state index contributed by atoms with van der Waals surface area (Å²) in [6.07, 6.45) is 4.19. The Labute approximate surface area is 168 Å². The molecule has 0 saturated heterocycles. The lowest BCUT2D eigenvalue weighted by Crippen LogP contribution is -2.40. The number of benzene rings is 2. The summed E-state index contributed by atoms with van der Waals surface area (Å²) in [6.45, 7) is 2.09. The van der Waals surface area contributed by atoms with Crippen molar-refractivity contribution in [2.45, 2.75) is 25.3 Å². The Kier molecular flexibility index (Phi) is 4.05. The number of rotatable bonds is 2. The average Bonchev–Trinajstić information content (AvgIpc) is 3.15. The molecule has 2 aliphatic rings. The van der Waals surface area contributed by atoms with Gasteiger partial charge in [-0.15, -0.1) is 0 Å². The maximum absolute atomic E-state index is 13.3. The molecule has 0 fully saturated rings. The Morgan fingerprint density at radius 1 is 1.14 bits per heavy atom. The van der Waals surface area contributed by atoms with E-state index in [2.05, 4.69) is 40.5 Å². The van der Waals surface area contributed by atoms with Crippen LogP contribution >= 0.6 is 11.6 Å². The van der Waals surface area contributed by atoms with E-state index in [4.69, 9.17) is 11.6 Å². The fraction of sp³-hybridized carbons (Fsp3) is 0.227. The lowest BCUT2D eigenvalue weighted by molar-refractivity contribution is -0.123. The highest BCUT2D eigenvalue weighted by molar-refractivity contribution is 6.30. The molecule has 0 radical (unpaired) electrons. The fourth-order valence-electron chi connectivity index (χ4n) is 4.37. The average molecular weight is 391 g/mol. The summed E-state index contributed by atoms with van der Waals surface area (Å²) in [6, 6.07) is 15.6. The summed E-state index contributed by atoms with van der Waals surface area (Å²) >= 11 is 6.07. The number of aromatic nitrogens is 3. The maximum Gasteiger partial charge on any atom is 0.226 e. The van der Waals surface area contributed by atoms with E-state index in [0.717, 1.165) is 11.3 Å². The molecule has 2 heterocycles. The van der Waals surface area contributed by atoms with Crippen molar-refractivity contribution in [3.8, 4) is 0 Å². The van der Waals surface area contributed by atoms with E-state index < -0.39 is 0 Å². The van der Waals surface area contributed by atoms with Gasteiger partial charge in [0, 0.05) is 23.1 Å². The number of hydrogen-bond donors (Lipinski definition) is 1. The van der Waals surface area contributed by atoms with Crippen molar-refractivity contribution < 1.29 is 4.79 Å². The minimum atomic E-state index is -0.310. The molecular weight excluding hydrogens is 372 g/mol. The molecule has 0 unspecified atom stereocenters. The second kappa shape index (κ2) is 6.60. The molecule has 28 heavy (non-hydrogen) atoms. The number of hydrogen-bond acceptors (Lipinski definition) is 4. The lowest BCUT2D eigenvalue weighted by Gasteiger charge is -2.38. The molecule has 3 atom stereocenters. The van der Waals surface area contributed by atoms with E-state index in [9.17, 15) is 4.79 Å². The van der Waals surface area contributed by atoms with Crippen LogP contribution in [0.5, 0.6) is 0 Å². The second-order valence-corrected chi connectivity index (χ2v) is 7.82. The van der Waals surface area contributed by atoms with Crippen LogP contribution in [0.3, 0.4) is 0 Å². The zero-order valence-corrected chi connectivity index (χ0v) is 16.1. The van der Waals surface area contributed by atoms with Crippen molar-refractivity contribution in [3.63, 3.8) is 0 Å². The Morgan fingerprint density at radius 3 is 2.71 bits per heavy atom. The third kappa shape index (κ3) is 2.74. The Morgan fingerprint density at radius 2 is 1.93 bits per heavy atom. The number of halogens is 1. The molecule has 1 aromatic heterocycles. The monoisotopic (exact) mass is 390 g/mol. The molecule has 6 heteroatoms. The van der Waals surface area contributed by atoms with E-state index in [-0.39, 0.29) is 23.7 Å². The number of nitrogens with zero attached hydrogens (tertiary/aromatic N) is 3. The lowest BCUT2D eigenvalue weighted by atomic mass is 9.75. The van der Waals surface area contributed by atoms with E-state index in [1.807, 2.05) is 36.4 Å². The minimum Gasteiger partial charge on any atom is -0.328 e. The number of nitrogens with one attached hydrogen (secondary N) is 1. The molecule has 140 valence electrons. The molecule has 5 nitrogen and oxygen atoms in total. The van der Waals surface area contributed by atoms with Gasteiger partial charge in [0.2, 0.25) is 5.95 Å². The first-order valence-electron chi connectivity index (χ1n) is 9.34. The van der Waals surface area contributed by atoms with Crippen LogP contribution in [0.25, 0.3) is 0 Å². The van der Waals surface area contributed by atoms with Crippen LogP contribution < -0.4 is 5.32 Å². The van der Waals surface area contributed by atoms with Crippen molar-refractivity contribution in [2.75, 3.05) is 5.32 Å². The van der Waals surface area contributed by atoms with Gasteiger partial charge in [-0.2, -0.15) is 10.1 Å². The quantitative estimate of drug-likeness (QED) is 0.699. The van der Waals surface area contributed by atoms with Crippen LogP contribution in [0.1, 0.15) is 35.1 Å². The molecule has 0 amide bonds. The predicted octanol–water partition coefficient (Wildman–Crippen LogP) is 4.51. The first-order valence-corrected chi connectivity index (χ1v) is 9.71. The molecule has 0 bridgehead atoms. The molecule has 2 aromatic carbocycles. The minimum absolute atomic E-state index is 0.0628. The largest absolute Gasteiger partial charge is 0.328 e. The van der Waals surface area contributed by atoms with Crippen LogP contribution in [-0.2, 0) is 4.79 Å². The van der Waals surface area contributed by atoms with Gasteiger partial charge in [-0.3, -0.25) is 4.79 Å². The SMILES string of the molecule is Cc1ccccc1[C@H]1C=C2Nc3ncnn3[C@H](c3ccc(Cl)cc3)[C@H]2C(=O)C1. The Hall–Kier alpha value is -2.92. The molecule has 1 aliphatic heterocycles. The number of ketones is 1. The highest BCUT2D eigenvalue weighted by atomic mass is 35.5. The summed E-state index contributed by atoms with van der Waals surface area (Å²) in [5, 5.41) is 8.40. The van der Waals surface area contributed by atoms with Crippen LogP contribution in [0, 0.1) is 12.8 Å². The van der Waals surface area contributed by atoms with Crippen molar-refractivity contribution >= 4 is 23.3 Å². The van der Waals surface area contributed by atoms with Gasteiger partial charge in [-0.25, -0.2) is 4.68 Å². The Balaban J connectivity index is 1.62. The maximum atomic E-state index is 13.3. The topological polar surface area (TPSA) is 59.8 Å². The molecule has 1 N–H and O–H groups in total. The number of carbonyl (C=O) groups excluding carboxylic acids is 1. The van der Waals surface area contributed by atoms with Crippen molar-refractivity contribution in [1.29, 1.82) is 0 Å². The van der Waals surface area contributed by atoms with Gasteiger partial charge in [-0.1, -0.05) is 54.1 Å². The van der Waals surface area contributed by atoms with Crippen molar-refractivity contribution in [1.82, 2.24) is 14.8 Å². The van der Waals surface area contributed by atoms with Crippen molar-refractivity contribution in [2.24, 2.45) is 5.92 Å². The van der Waals surface area contributed by atoms with Crippen LogP contribution in [0.4, 0.5) is 5.95 Å². The fourth-order valence-corrected chi connectivity index (χ4v) is 4.50. The van der Waals surface area contributed by atoms with Gasteiger partial charge in [0.05, 0.1) is 12.0 Å². The summed E-state index contributed by atoms with van der Waals surface area (Å²) in [4.78, 5) is 17.7. The number of Topliss-reactive ketones (excluding diaryl/α,β-unsaturated/α-hetero) is 1. The van der Waals surface area contributed by atoms with E-state index in [1.165, 1.54) is 17.5 Å². The summed E-state index contributed by atoms with van der Waals surface area (Å²) in [5.74, 6) is 0.614. The third-order valence-corrected chi connectivity index (χ3v) is 5.94. The first-order chi connectivity index (χ1) is 13.6. The second-order valence-electron chi connectivity index (χ2n) is 7.38. The van der Waals surface area contributed by atoms with Crippen molar-refractivity contribution in [3.05, 3.63) is 88.3 Å². The molecule has 5 rings (SSSR count). The number of carbonyl (C=O) groups is 1. The molecule has 1 aliphatic carbocycles. The van der Waals surface area contributed by atoms with Gasteiger partial charge in [-0.05, 0) is 35.7 Å². The molecule has 0 saturated carbocycles. The summed E-state index contributed by atoms with van der Waals surface area (Å²) in [5.41, 5.74) is 4.30. The zero-order valence-electron chi connectivity index (χ0n) is 15.3. The number of allylic oxidation sites excluding steroid dienone is 2. The van der Waals surface area contributed by atoms with Crippen LogP contribution in [0.15, 0.2) is 66.6 Å². The molecular formula is C22H19ClN4O. The first kappa shape index (κ1) is 17.2. The van der Waals surface area contributed by atoms with E-state index in [1.54, 1.807) is 4.68 Å². The van der Waals surface area contributed by atoms with Crippen LogP contribution in [0.2, 0.25) is 5.02 Å². The van der Waals surface area contributed by atoms with Crippen LogP contribution in [-0.4, -0.2) is 20.5 Å². The van der Waals surface area contributed by atoms with Gasteiger partial charge >= 0.3 is 0 Å². The smallest absolute Gasteiger partial charge is 0.226 e. The summed E-state index contributed by atoms with van der Waals surface area (Å²) < 4.78 is 1.80. The molecule has 3 aromatic rings. The highest BCUT2D eigenvalue weighted by Crippen LogP contribution is 2.44. The number of fused-ring (bicyclic) bond motifs is 2. The van der Waals surface area contributed by atoms with Gasteiger partial charge in [0.25, 0.3) is 0 Å². The zero-order chi connectivity index (χ0) is 19.3. The summed E-state index contributed by atoms with van der Waals surface area (Å²) in [7, 11) is 0. The highest BCUT2D eigenvalue weighted by Gasteiger charge is 2.43. The standard InChI is InChI=1S/C22H19ClN4O/c1-13-4-2-3-5-17(13)15-10-18-20(19(28)11-15)21(14-6-8-16(23)9-7-14)27-22(26-18)24-12-25-27/h2-10,12,15,20-21H,11H2,1H3,(H,24,25,26)/t15-,20+,21+/m0/s1. The third-order valence-electron chi connectivity index (χ3n) is 5.69. The van der Waals surface area contributed by atoms with E-state index >= 15 is 0 Å². The van der Waals surface area contributed by atoms with Gasteiger partial charge in [0.1, 0.15) is 12.1 Å². The van der Waals surface area contributed by atoms with E-state index in [0.29, 0.717) is 17.4 Å². The van der Waals surface area contributed by atoms with Gasteiger partial charge < -0.3 is 5.32 Å².